The zero-order chi connectivity index (χ0) is 17.4. The zero-order valence-corrected chi connectivity index (χ0v) is 14.7. The van der Waals surface area contributed by atoms with Crippen LogP contribution in [0.1, 0.15) is 32.3 Å². The van der Waals surface area contributed by atoms with E-state index in [1.165, 1.54) is 11.1 Å². The van der Waals surface area contributed by atoms with Crippen molar-refractivity contribution in [1.29, 1.82) is 0 Å². The van der Waals surface area contributed by atoms with Crippen molar-refractivity contribution in [3.63, 3.8) is 0 Å². The number of nitrogens with zero attached hydrogens (tertiary/aromatic N) is 4. The van der Waals surface area contributed by atoms with Gasteiger partial charge in [0.05, 0.1) is 0 Å². The normalized spacial score (nSPS) is 21.2. The molecule has 0 amide bonds. The van der Waals surface area contributed by atoms with Crippen LogP contribution in [0.15, 0.2) is 34.9 Å². The molecule has 25 heavy (non-hydrogen) atoms. The van der Waals surface area contributed by atoms with Gasteiger partial charge in [0.1, 0.15) is 5.52 Å². The van der Waals surface area contributed by atoms with E-state index in [4.69, 9.17) is 0 Å². The van der Waals surface area contributed by atoms with Crippen molar-refractivity contribution in [1.82, 2.24) is 20.2 Å². The smallest absolute Gasteiger partial charge is 0.265 e. The molecular weight excluding hydrogens is 312 g/mol. The molecule has 3 aromatic rings. The topological polar surface area (TPSA) is 78.8 Å². The number of anilines is 1. The van der Waals surface area contributed by atoms with Crippen molar-refractivity contribution in [2.45, 2.75) is 33.6 Å². The summed E-state index contributed by atoms with van der Waals surface area (Å²) in [6, 6.07) is 6.20. The number of H-pyrrole nitrogens is 1. The molecule has 2 N–H and O–H groups in total. The average molecular weight is 334 g/mol. The highest BCUT2D eigenvalue weighted by Crippen LogP contribution is 2.28. The number of aryl methyl sites for hydroxylation is 1. The highest BCUT2D eigenvalue weighted by Gasteiger charge is 2.18. The molecule has 6 nitrogen and oxygen atoms in total. The molecule has 0 saturated carbocycles. The van der Waals surface area contributed by atoms with Crippen LogP contribution in [0.2, 0.25) is 0 Å². The minimum atomic E-state index is 0.405. The fraction of sp³-hybridized carbons (Fsp3) is 0.368. The van der Waals surface area contributed by atoms with Crippen LogP contribution in [-0.4, -0.2) is 26.4 Å². The van der Waals surface area contributed by atoms with Crippen LogP contribution in [0.5, 0.6) is 0 Å². The van der Waals surface area contributed by atoms with E-state index in [0.717, 1.165) is 34.9 Å². The quantitative estimate of drug-likeness (QED) is 0.427. The highest BCUT2D eigenvalue weighted by atomic mass is 15.4. The van der Waals surface area contributed by atoms with Crippen LogP contribution < -0.4 is 5.43 Å². The van der Waals surface area contributed by atoms with E-state index < -0.39 is 0 Å². The van der Waals surface area contributed by atoms with Gasteiger partial charge in [-0.3, -0.25) is 0 Å². The second-order valence-electron chi connectivity index (χ2n) is 7.03. The van der Waals surface area contributed by atoms with Gasteiger partial charge >= 0.3 is 0 Å². The molecule has 128 valence electrons. The minimum Gasteiger partial charge on any atom is -0.338 e. The zero-order valence-electron chi connectivity index (χ0n) is 14.7. The lowest BCUT2D eigenvalue weighted by Gasteiger charge is -2.24. The van der Waals surface area contributed by atoms with Gasteiger partial charge in [0.15, 0.2) is 5.65 Å². The summed E-state index contributed by atoms with van der Waals surface area (Å²) in [5, 5.41) is 13.8. The molecule has 2 aromatic heterocycles. The first-order chi connectivity index (χ1) is 12.1. The maximum Gasteiger partial charge on any atom is 0.265 e. The number of hydrogen-bond acceptors (Lipinski definition) is 5. The van der Waals surface area contributed by atoms with Gasteiger partial charge in [0.25, 0.3) is 5.95 Å². The maximum absolute atomic E-state index is 4.49. The number of aromatic nitrogens is 4. The Bertz CT molecular complexity index is 984. The Morgan fingerprint density at radius 3 is 3.00 bits per heavy atom. The van der Waals surface area contributed by atoms with E-state index in [2.05, 4.69) is 69.7 Å². The van der Waals surface area contributed by atoms with Crippen molar-refractivity contribution in [3.8, 4) is 0 Å². The van der Waals surface area contributed by atoms with E-state index in [-0.39, 0.29) is 0 Å². The summed E-state index contributed by atoms with van der Waals surface area (Å²) in [6.07, 6.45) is 6.44. The summed E-state index contributed by atoms with van der Waals surface area (Å²) in [5.41, 5.74) is 8.10. The second-order valence-corrected chi connectivity index (χ2v) is 7.03. The number of benzene rings is 1. The number of rotatable bonds is 3. The Morgan fingerprint density at radius 1 is 1.28 bits per heavy atom. The third-order valence-corrected chi connectivity index (χ3v) is 4.91. The average Bonchev–Trinajstić information content (AvgIpc) is 2.94. The van der Waals surface area contributed by atoms with E-state index in [1.807, 2.05) is 12.3 Å². The largest absolute Gasteiger partial charge is 0.338 e. The molecule has 0 radical (unpaired) electrons. The molecule has 1 aliphatic rings. The first-order valence-electron chi connectivity index (χ1n) is 8.68. The Kier molecular flexibility index (Phi) is 3.95. The van der Waals surface area contributed by atoms with E-state index in [9.17, 15) is 0 Å². The van der Waals surface area contributed by atoms with Crippen molar-refractivity contribution in [2.75, 3.05) is 5.43 Å². The van der Waals surface area contributed by atoms with Gasteiger partial charge in [0, 0.05) is 23.0 Å². The van der Waals surface area contributed by atoms with E-state index in [1.54, 1.807) is 0 Å². The van der Waals surface area contributed by atoms with E-state index >= 15 is 0 Å². The van der Waals surface area contributed by atoms with Gasteiger partial charge in [0.2, 0.25) is 0 Å². The fourth-order valence-electron chi connectivity index (χ4n) is 3.44. The van der Waals surface area contributed by atoms with Crippen LogP contribution in [0.4, 0.5) is 5.95 Å². The number of allylic oxidation sites excluding steroid dienone is 2. The summed E-state index contributed by atoms with van der Waals surface area (Å²) in [5.74, 6) is 1.46. The number of hydrogen-bond donors (Lipinski definition) is 2. The van der Waals surface area contributed by atoms with Gasteiger partial charge in [-0.15, -0.1) is 10.2 Å². The highest BCUT2D eigenvalue weighted by molar-refractivity contribution is 6.03. The second kappa shape index (κ2) is 6.27. The molecule has 1 aromatic carbocycles. The van der Waals surface area contributed by atoms with Gasteiger partial charge in [-0.2, -0.15) is 10.1 Å². The molecule has 0 spiro atoms. The van der Waals surface area contributed by atoms with Crippen LogP contribution in [-0.2, 0) is 0 Å². The lowest BCUT2D eigenvalue weighted by atomic mass is 9.82. The summed E-state index contributed by atoms with van der Waals surface area (Å²) in [6.45, 7) is 6.52. The van der Waals surface area contributed by atoms with Gasteiger partial charge in [-0.25, -0.2) is 5.43 Å². The molecule has 1 aliphatic carbocycles. The summed E-state index contributed by atoms with van der Waals surface area (Å²) in [4.78, 5) is 7.77. The molecule has 6 heteroatoms. The minimum absolute atomic E-state index is 0.405. The number of fused-ring (bicyclic) bond motifs is 3. The van der Waals surface area contributed by atoms with Crippen LogP contribution in [0.25, 0.3) is 22.1 Å². The van der Waals surface area contributed by atoms with Gasteiger partial charge in [-0.05, 0) is 44.7 Å². The molecule has 2 heterocycles. The predicted octanol–water partition coefficient (Wildman–Crippen LogP) is 4.20. The van der Waals surface area contributed by atoms with Crippen LogP contribution >= 0.6 is 0 Å². The molecule has 0 aliphatic heterocycles. The Morgan fingerprint density at radius 2 is 2.16 bits per heavy atom. The predicted molar refractivity (Wildman–Crippen MR) is 102 cm³/mol. The SMILES string of the molecule is CC1=CC[C@H](/C=N\Nc2nnc3c(n2)[nH]c2ccc(C)cc23)[C@@H](C)C1. The third-order valence-electron chi connectivity index (χ3n) is 4.91. The molecule has 0 unspecified atom stereocenters. The summed E-state index contributed by atoms with van der Waals surface area (Å²) >= 11 is 0. The van der Waals surface area contributed by atoms with Crippen molar-refractivity contribution in [3.05, 3.63) is 35.4 Å². The number of aromatic amines is 1. The Hall–Kier alpha value is -2.76. The first-order valence-corrected chi connectivity index (χ1v) is 8.68. The molecule has 4 rings (SSSR count). The van der Waals surface area contributed by atoms with E-state index in [0.29, 0.717) is 17.8 Å². The molecular formula is C19H22N6. The summed E-state index contributed by atoms with van der Waals surface area (Å²) in [7, 11) is 0. The van der Waals surface area contributed by atoms with Crippen LogP contribution in [0, 0.1) is 18.8 Å². The number of nitrogens with one attached hydrogen (secondary N) is 2. The first kappa shape index (κ1) is 15.7. The maximum atomic E-state index is 4.49. The Balaban J connectivity index is 1.54. The molecule has 0 bridgehead atoms. The van der Waals surface area contributed by atoms with Gasteiger partial charge in [-0.1, -0.05) is 30.2 Å². The number of hydrazone groups is 1. The Labute approximate surface area is 146 Å². The molecule has 0 saturated heterocycles. The molecule has 0 fully saturated rings. The van der Waals surface area contributed by atoms with Crippen molar-refractivity contribution >= 4 is 34.2 Å². The molecule has 2 atom stereocenters. The lowest BCUT2D eigenvalue weighted by molar-refractivity contribution is 0.438. The van der Waals surface area contributed by atoms with Crippen molar-refractivity contribution in [2.24, 2.45) is 16.9 Å². The lowest BCUT2D eigenvalue weighted by Crippen LogP contribution is -2.17. The van der Waals surface area contributed by atoms with Gasteiger partial charge < -0.3 is 4.98 Å². The van der Waals surface area contributed by atoms with Crippen LogP contribution in [0.3, 0.4) is 0 Å². The summed E-state index contributed by atoms with van der Waals surface area (Å²) < 4.78 is 0. The fourth-order valence-corrected chi connectivity index (χ4v) is 3.44. The monoisotopic (exact) mass is 334 g/mol. The standard InChI is InChI=1S/C19H22N6/c1-11-4-6-14(13(3)8-11)10-20-24-19-22-18-17(23-25-19)15-9-12(2)5-7-16(15)21-18/h4-5,7,9-10,13-14H,6,8H2,1-3H3,(H2,21,22,24,25)/b20-10-/t13-,14+/m0/s1. The van der Waals surface area contributed by atoms with Crippen molar-refractivity contribution < 1.29 is 0 Å². The third kappa shape index (κ3) is 3.12.